The Morgan fingerprint density at radius 1 is 1.04 bits per heavy atom. The molecule has 4 rings (SSSR count). The van der Waals surface area contributed by atoms with Gasteiger partial charge in [0.2, 0.25) is 0 Å². The largest absolute Gasteiger partial charge is 0.314 e. The lowest BCUT2D eigenvalue weighted by molar-refractivity contribution is 0.765. The highest BCUT2D eigenvalue weighted by atomic mass is 35.5. The van der Waals surface area contributed by atoms with Crippen molar-refractivity contribution in [3.63, 3.8) is 0 Å². The van der Waals surface area contributed by atoms with E-state index in [0.717, 1.165) is 41.4 Å². The van der Waals surface area contributed by atoms with Gasteiger partial charge in [0, 0.05) is 48.3 Å². The molecule has 1 aromatic carbocycles. The first-order chi connectivity index (χ1) is 12.7. The summed E-state index contributed by atoms with van der Waals surface area (Å²) >= 11 is 6.06. The molecule has 4 aromatic rings. The average molecular weight is 365 g/mol. The Morgan fingerprint density at radius 2 is 1.88 bits per heavy atom. The minimum Gasteiger partial charge on any atom is -0.314 e. The lowest BCUT2D eigenvalue weighted by atomic mass is 10.2. The van der Waals surface area contributed by atoms with Crippen molar-refractivity contribution in [2.45, 2.75) is 12.8 Å². The summed E-state index contributed by atoms with van der Waals surface area (Å²) < 4.78 is 3.99. The lowest BCUT2D eigenvalue weighted by Crippen LogP contribution is -2.02. The molecule has 0 unspecified atom stereocenters. The van der Waals surface area contributed by atoms with Crippen molar-refractivity contribution in [2.75, 3.05) is 0 Å². The molecule has 0 saturated heterocycles. The summed E-state index contributed by atoms with van der Waals surface area (Å²) in [5.74, 6) is 1.76. The van der Waals surface area contributed by atoms with Gasteiger partial charge in [0.05, 0.1) is 12.0 Å². The number of pyridine rings is 1. The second kappa shape index (κ2) is 7.09. The quantitative estimate of drug-likeness (QED) is 0.543. The van der Waals surface area contributed by atoms with Gasteiger partial charge >= 0.3 is 0 Å². The number of aryl methyl sites for hydroxylation is 2. The molecule has 0 amide bonds. The van der Waals surface area contributed by atoms with Crippen molar-refractivity contribution >= 4 is 11.6 Å². The summed E-state index contributed by atoms with van der Waals surface area (Å²) in [6, 6.07) is 11.6. The molecule has 0 saturated carbocycles. The van der Waals surface area contributed by atoms with E-state index in [-0.39, 0.29) is 0 Å². The third-order valence-corrected chi connectivity index (χ3v) is 4.49. The summed E-state index contributed by atoms with van der Waals surface area (Å²) in [5, 5.41) is 9.34. The third kappa shape index (κ3) is 3.36. The zero-order valence-electron chi connectivity index (χ0n) is 14.2. The number of nitrogens with zero attached hydrogens (tertiary/aromatic N) is 6. The number of aromatic nitrogens is 6. The Hall–Kier alpha value is -2.99. The zero-order valence-corrected chi connectivity index (χ0v) is 15.0. The van der Waals surface area contributed by atoms with Gasteiger partial charge in [-0.15, -0.1) is 10.2 Å². The van der Waals surface area contributed by atoms with E-state index in [2.05, 4.69) is 20.2 Å². The van der Waals surface area contributed by atoms with Gasteiger partial charge in [-0.25, -0.2) is 4.98 Å². The van der Waals surface area contributed by atoms with Gasteiger partial charge in [0.1, 0.15) is 5.82 Å². The number of hydrogen-bond donors (Lipinski definition) is 0. The van der Waals surface area contributed by atoms with Crippen LogP contribution in [0, 0.1) is 0 Å². The molecule has 0 spiro atoms. The Labute approximate surface area is 156 Å². The summed E-state index contributed by atoms with van der Waals surface area (Å²) in [7, 11) is 1.98. The zero-order chi connectivity index (χ0) is 17.9. The first-order valence-electron chi connectivity index (χ1n) is 8.28. The summed E-state index contributed by atoms with van der Waals surface area (Å²) in [5.41, 5.74) is 3.00. The van der Waals surface area contributed by atoms with E-state index in [9.17, 15) is 0 Å². The summed E-state index contributed by atoms with van der Waals surface area (Å²) in [4.78, 5) is 8.53. The van der Waals surface area contributed by atoms with Crippen LogP contribution in [0.4, 0.5) is 0 Å². The molecule has 3 aromatic heterocycles. The highest BCUT2D eigenvalue weighted by Gasteiger charge is 2.11. The standard InChI is InChI=1S/C19H17ClN6/c1-25-18(23-24-19(25)14-7-9-21-10-8-14)6-5-16-12-26(13-22-16)17-4-2-3-15(20)11-17/h2-4,7-13H,5-6H2,1H3. The molecule has 130 valence electrons. The van der Waals surface area contributed by atoms with Crippen LogP contribution in [0.25, 0.3) is 17.1 Å². The third-order valence-electron chi connectivity index (χ3n) is 4.25. The van der Waals surface area contributed by atoms with Crippen LogP contribution in [0.1, 0.15) is 11.5 Å². The van der Waals surface area contributed by atoms with Crippen LogP contribution in [0.3, 0.4) is 0 Å². The van der Waals surface area contributed by atoms with Crippen molar-refractivity contribution in [2.24, 2.45) is 7.05 Å². The van der Waals surface area contributed by atoms with Gasteiger partial charge in [-0.1, -0.05) is 17.7 Å². The monoisotopic (exact) mass is 364 g/mol. The first-order valence-corrected chi connectivity index (χ1v) is 8.66. The lowest BCUT2D eigenvalue weighted by Gasteiger charge is -2.03. The van der Waals surface area contributed by atoms with E-state index in [1.807, 2.05) is 58.8 Å². The topological polar surface area (TPSA) is 61.4 Å². The van der Waals surface area contributed by atoms with E-state index >= 15 is 0 Å². The highest BCUT2D eigenvalue weighted by Crippen LogP contribution is 2.18. The molecule has 7 heteroatoms. The minimum atomic E-state index is 0.709. The van der Waals surface area contributed by atoms with Gasteiger partial charge in [0.15, 0.2) is 5.82 Å². The number of rotatable bonds is 5. The van der Waals surface area contributed by atoms with Crippen molar-refractivity contribution in [3.05, 3.63) is 77.9 Å². The van der Waals surface area contributed by atoms with Gasteiger partial charge in [-0.2, -0.15) is 0 Å². The maximum Gasteiger partial charge on any atom is 0.163 e. The molecule has 6 nitrogen and oxygen atoms in total. The Kier molecular flexibility index (Phi) is 4.50. The van der Waals surface area contributed by atoms with E-state index in [1.54, 1.807) is 18.7 Å². The van der Waals surface area contributed by atoms with E-state index in [0.29, 0.717) is 5.02 Å². The maximum atomic E-state index is 6.06. The van der Waals surface area contributed by atoms with E-state index in [1.165, 1.54) is 0 Å². The fourth-order valence-electron chi connectivity index (χ4n) is 2.84. The molecule has 0 bridgehead atoms. The molecule has 0 atom stereocenters. The van der Waals surface area contributed by atoms with Gasteiger partial charge in [-0.3, -0.25) is 4.98 Å². The van der Waals surface area contributed by atoms with Crippen molar-refractivity contribution in [3.8, 4) is 17.1 Å². The van der Waals surface area contributed by atoms with Crippen LogP contribution in [-0.2, 0) is 19.9 Å². The van der Waals surface area contributed by atoms with Crippen LogP contribution in [0.5, 0.6) is 0 Å². The Bertz CT molecular complexity index is 1020. The van der Waals surface area contributed by atoms with Crippen LogP contribution >= 0.6 is 11.6 Å². The molecular formula is C19H17ClN6. The average Bonchev–Trinajstić information content (AvgIpc) is 3.28. The molecule has 26 heavy (non-hydrogen) atoms. The molecule has 0 N–H and O–H groups in total. The second-order valence-corrected chi connectivity index (χ2v) is 6.42. The van der Waals surface area contributed by atoms with Gasteiger partial charge in [0.25, 0.3) is 0 Å². The molecule has 0 aliphatic rings. The molecule has 0 aliphatic heterocycles. The van der Waals surface area contributed by atoms with Crippen LogP contribution in [-0.4, -0.2) is 29.3 Å². The second-order valence-electron chi connectivity index (χ2n) is 5.99. The van der Waals surface area contributed by atoms with Crippen molar-refractivity contribution < 1.29 is 0 Å². The van der Waals surface area contributed by atoms with Gasteiger partial charge in [-0.05, 0) is 36.8 Å². The molecule has 0 aliphatic carbocycles. The Morgan fingerprint density at radius 3 is 2.69 bits per heavy atom. The fourth-order valence-corrected chi connectivity index (χ4v) is 3.03. The number of hydrogen-bond acceptors (Lipinski definition) is 4. The van der Waals surface area contributed by atoms with E-state index in [4.69, 9.17) is 11.6 Å². The first kappa shape index (κ1) is 16.5. The molecular weight excluding hydrogens is 348 g/mol. The Balaban J connectivity index is 1.48. The smallest absolute Gasteiger partial charge is 0.163 e. The van der Waals surface area contributed by atoms with E-state index < -0.39 is 0 Å². The molecule has 0 fully saturated rings. The predicted molar refractivity (Wildman–Crippen MR) is 100 cm³/mol. The fraction of sp³-hybridized carbons (Fsp3) is 0.158. The van der Waals surface area contributed by atoms with Crippen LogP contribution in [0.15, 0.2) is 61.3 Å². The van der Waals surface area contributed by atoms with Crippen molar-refractivity contribution in [1.82, 2.24) is 29.3 Å². The summed E-state index contributed by atoms with van der Waals surface area (Å²) in [6.07, 6.45) is 8.89. The van der Waals surface area contributed by atoms with Crippen LogP contribution in [0.2, 0.25) is 5.02 Å². The van der Waals surface area contributed by atoms with Crippen LogP contribution < -0.4 is 0 Å². The maximum absolute atomic E-state index is 6.06. The SMILES string of the molecule is Cn1c(CCc2cn(-c3cccc(Cl)c3)cn2)nnc1-c1ccncc1. The normalized spacial score (nSPS) is 11.0. The predicted octanol–water partition coefficient (Wildman–Crippen LogP) is 3.50. The highest BCUT2D eigenvalue weighted by molar-refractivity contribution is 6.30. The number of halogens is 1. The number of benzene rings is 1. The minimum absolute atomic E-state index is 0.709. The van der Waals surface area contributed by atoms with Crippen molar-refractivity contribution in [1.29, 1.82) is 0 Å². The molecule has 0 radical (unpaired) electrons. The number of imidazole rings is 1. The summed E-state index contributed by atoms with van der Waals surface area (Å²) in [6.45, 7) is 0. The molecule has 3 heterocycles. The van der Waals surface area contributed by atoms with Gasteiger partial charge < -0.3 is 9.13 Å².